The van der Waals surface area contributed by atoms with Crippen molar-refractivity contribution >= 4 is 11.7 Å². The minimum atomic E-state index is -0.363. The topological polar surface area (TPSA) is 37.4 Å². The van der Waals surface area contributed by atoms with Gasteiger partial charge in [-0.1, -0.05) is 34.6 Å². The molecule has 1 heterocycles. The molecule has 1 saturated heterocycles. The second kappa shape index (κ2) is 5.41. The highest BCUT2D eigenvalue weighted by molar-refractivity contribution is 5.87. The smallest absolute Gasteiger partial charge is 0.222 e. The van der Waals surface area contributed by atoms with Gasteiger partial charge in [0.15, 0.2) is 0 Å². The zero-order valence-corrected chi connectivity index (χ0v) is 12.5. The second-order valence-electron chi connectivity index (χ2n) is 7.29. The maximum Gasteiger partial charge on any atom is 0.222 e. The van der Waals surface area contributed by atoms with Gasteiger partial charge in [0.2, 0.25) is 5.91 Å². The Hall–Kier alpha value is -0.860. The molecule has 1 amide bonds. The van der Waals surface area contributed by atoms with E-state index >= 15 is 0 Å². The number of nitrogens with zero attached hydrogens (tertiary/aromatic N) is 1. The molecule has 18 heavy (non-hydrogen) atoms. The number of Topliss-reactive ketones (excluding diaryl/α,β-unsaturated/α-hetero) is 1. The highest BCUT2D eigenvalue weighted by Crippen LogP contribution is 2.26. The van der Waals surface area contributed by atoms with Crippen molar-refractivity contribution in [2.24, 2.45) is 10.8 Å². The van der Waals surface area contributed by atoms with Crippen LogP contribution in [0.1, 0.15) is 60.3 Å². The lowest BCUT2D eigenvalue weighted by atomic mass is 9.82. The van der Waals surface area contributed by atoms with Crippen LogP contribution >= 0.6 is 0 Å². The van der Waals surface area contributed by atoms with Gasteiger partial charge in [-0.3, -0.25) is 9.59 Å². The van der Waals surface area contributed by atoms with Gasteiger partial charge in [-0.05, 0) is 18.3 Å². The molecule has 0 aromatic rings. The summed E-state index contributed by atoms with van der Waals surface area (Å²) in [6.07, 6.45) is 3.13. The van der Waals surface area contributed by atoms with Crippen molar-refractivity contribution in [2.45, 2.75) is 60.3 Å². The van der Waals surface area contributed by atoms with Crippen molar-refractivity contribution < 1.29 is 9.59 Å². The number of carbonyl (C=O) groups excluding carboxylic acids is 2. The Morgan fingerprint density at radius 2 is 1.94 bits per heavy atom. The summed E-state index contributed by atoms with van der Waals surface area (Å²) in [5, 5.41) is 0. The lowest BCUT2D eigenvalue weighted by Crippen LogP contribution is -2.48. The fourth-order valence-electron chi connectivity index (χ4n) is 2.36. The number of hydrogen-bond donors (Lipinski definition) is 0. The standard InChI is InChI=1S/C15H27NO2/c1-14(2,3)9-6-7-13(18)16-10-8-12(17)15(4,5)11-16/h6-11H2,1-5H3. The fourth-order valence-corrected chi connectivity index (χ4v) is 2.36. The van der Waals surface area contributed by atoms with E-state index in [2.05, 4.69) is 20.8 Å². The normalized spacial score (nSPS) is 20.1. The lowest BCUT2D eigenvalue weighted by molar-refractivity contribution is -0.141. The van der Waals surface area contributed by atoms with Gasteiger partial charge in [-0.15, -0.1) is 0 Å². The molecule has 0 aliphatic carbocycles. The first-order valence-electron chi connectivity index (χ1n) is 6.93. The Kier molecular flexibility index (Phi) is 4.57. The second-order valence-corrected chi connectivity index (χ2v) is 7.29. The van der Waals surface area contributed by atoms with Crippen LogP contribution < -0.4 is 0 Å². The summed E-state index contributed by atoms with van der Waals surface area (Å²) in [7, 11) is 0. The molecule has 1 rings (SSSR count). The van der Waals surface area contributed by atoms with Gasteiger partial charge in [0.05, 0.1) is 0 Å². The zero-order valence-electron chi connectivity index (χ0n) is 12.5. The van der Waals surface area contributed by atoms with Gasteiger partial charge in [-0.25, -0.2) is 0 Å². The van der Waals surface area contributed by atoms with Gasteiger partial charge >= 0.3 is 0 Å². The van der Waals surface area contributed by atoms with Crippen molar-refractivity contribution in [3.05, 3.63) is 0 Å². The molecule has 104 valence electrons. The Labute approximate surface area is 111 Å². The van der Waals surface area contributed by atoms with Crippen molar-refractivity contribution in [1.82, 2.24) is 4.90 Å². The number of amides is 1. The van der Waals surface area contributed by atoms with Crippen molar-refractivity contribution in [2.75, 3.05) is 13.1 Å². The SMILES string of the molecule is CC(C)(C)CCCC(=O)N1CCC(=O)C(C)(C)C1. The van der Waals surface area contributed by atoms with E-state index in [1.165, 1.54) is 0 Å². The molecule has 1 aliphatic heterocycles. The van der Waals surface area contributed by atoms with Crippen LogP contribution in [0.25, 0.3) is 0 Å². The maximum atomic E-state index is 12.1. The molecule has 0 radical (unpaired) electrons. The van der Waals surface area contributed by atoms with E-state index in [0.29, 0.717) is 25.9 Å². The predicted molar refractivity (Wildman–Crippen MR) is 73.3 cm³/mol. The third-order valence-corrected chi connectivity index (χ3v) is 3.62. The molecule has 0 saturated carbocycles. The van der Waals surface area contributed by atoms with Crippen molar-refractivity contribution in [3.8, 4) is 0 Å². The van der Waals surface area contributed by atoms with Crippen LogP contribution in [0.15, 0.2) is 0 Å². The zero-order chi connectivity index (χ0) is 14.0. The predicted octanol–water partition coefficient (Wildman–Crippen LogP) is 3.03. The molecule has 0 spiro atoms. The Balaban J connectivity index is 2.41. The summed E-state index contributed by atoms with van der Waals surface area (Å²) < 4.78 is 0. The molecule has 1 fully saturated rings. The van der Waals surface area contributed by atoms with E-state index in [1.54, 1.807) is 0 Å². The van der Waals surface area contributed by atoms with Crippen LogP contribution in [0.2, 0.25) is 0 Å². The van der Waals surface area contributed by atoms with Gasteiger partial charge < -0.3 is 4.90 Å². The highest BCUT2D eigenvalue weighted by Gasteiger charge is 2.35. The minimum Gasteiger partial charge on any atom is -0.341 e. The van der Waals surface area contributed by atoms with E-state index in [-0.39, 0.29) is 22.5 Å². The Morgan fingerprint density at radius 3 is 2.44 bits per heavy atom. The number of hydrogen-bond acceptors (Lipinski definition) is 2. The van der Waals surface area contributed by atoms with Crippen LogP contribution in [-0.4, -0.2) is 29.7 Å². The van der Waals surface area contributed by atoms with Gasteiger partial charge in [0, 0.05) is 31.3 Å². The molecule has 0 bridgehead atoms. The van der Waals surface area contributed by atoms with E-state index < -0.39 is 0 Å². The maximum absolute atomic E-state index is 12.1. The van der Waals surface area contributed by atoms with Crippen LogP contribution in [0.5, 0.6) is 0 Å². The number of piperidine rings is 1. The van der Waals surface area contributed by atoms with E-state index in [0.717, 1.165) is 12.8 Å². The first-order chi connectivity index (χ1) is 8.12. The number of likely N-dealkylation sites (tertiary alicyclic amines) is 1. The molecule has 0 atom stereocenters. The summed E-state index contributed by atoms with van der Waals surface area (Å²) in [6, 6.07) is 0. The van der Waals surface area contributed by atoms with E-state index in [1.807, 2.05) is 18.7 Å². The van der Waals surface area contributed by atoms with Gasteiger partial charge in [0.25, 0.3) is 0 Å². The summed E-state index contributed by atoms with van der Waals surface area (Å²) >= 11 is 0. The number of carbonyl (C=O) groups is 2. The molecule has 0 aromatic carbocycles. The van der Waals surface area contributed by atoms with E-state index in [4.69, 9.17) is 0 Å². The van der Waals surface area contributed by atoms with Crippen LogP contribution in [0.4, 0.5) is 0 Å². The lowest BCUT2D eigenvalue weighted by Gasteiger charge is -2.37. The largest absolute Gasteiger partial charge is 0.341 e. The summed E-state index contributed by atoms with van der Waals surface area (Å²) in [5.41, 5.74) is -0.0741. The first-order valence-corrected chi connectivity index (χ1v) is 6.93. The molecular weight excluding hydrogens is 226 g/mol. The molecule has 0 unspecified atom stereocenters. The average molecular weight is 253 g/mol. The molecule has 0 aromatic heterocycles. The van der Waals surface area contributed by atoms with Crippen LogP contribution in [0, 0.1) is 10.8 Å². The monoisotopic (exact) mass is 253 g/mol. The quantitative estimate of drug-likeness (QED) is 0.775. The minimum absolute atomic E-state index is 0.208. The van der Waals surface area contributed by atoms with Crippen molar-refractivity contribution in [3.63, 3.8) is 0 Å². The third-order valence-electron chi connectivity index (χ3n) is 3.62. The van der Waals surface area contributed by atoms with E-state index in [9.17, 15) is 9.59 Å². The molecule has 3 heteroatoms. The van der Waals surface area contributed by atoms with Gasteiger partial charge in [-0.2, -0.15) is 0 Å². The average Bonchev–Trinajstić information content (AvgIpc) is 2.20. The summed E-state index contributed by atoms with van der Waals surface area (Å²) in [4.78, 5) is 25.6. The number of ketones is 1. The van der Waals surface area contributed by atoms with Crippen LogP contribution in [-0.2, 0) is 9.59 Å². The molecule has 1 aliphatic rings. The third kappa shape index (κ3) is 4.43. The first kappa shape index (κ1) is 15.2. The Morgan fingerprint density at radius 1 is 1.33 bits per heavy atom. The molecule has 0 N–H and O–H groups in total. The Bertz CT molecular complexity index is 326. The summed E-state index contributed by atoms with van der Waals surface area (Å²) in [6.45, 7) is 11.6. The van der Waals surface area contributed by atoms with Crippen molar-refractivity contribution in [1.29, 1.82) is 0 Å². The molecular formula is C15H27NO2. The number of rotatable bonds is 3. The van der Waals surface area contributed by atoms with Crippen LogP contribution in [0.3, 0.4) is 0 Å². The molecule has 3 nitrogen and oxygen atoms in total. The van der Waals surface area contributed by atoms with Gasteiger partial charge in [0.1, 0.15) is 5.78 Å². The summed E-state index contributed by atoms with van der Waals surface area (Å²) in [5.74, 6) is 0.487. The highest BCUT2D eigenvalue weighted by atomic mass is 16.2. The fraction of sp³-hybridized carbons (Fsp3) is 0.867.